The van der Waals surface area contributed by atoms with Crippen molar-refractivity contribution >= 4 is 11.7 Å². The number of rotatable bonds is 4. The number of nitrogens with zero attached hydrogens (tertiary/aromatic N) is 2. The number of benzene rings is 1. The van der Waals surface area contributed by atoms with Crippen LogP contribution in [0.3, 0.4) is 0 Å². The Morgan fingerprint density at radius 1 is 1.20 bits per heavy atom. The van der Waals surface area contributed by atoms with Crippen molar-refractivity contribution in [3.63, 3.8) is 0 Å². The van der Waals surface area contributed by atoms with Crippen molar-refractivity contribution in [1.29, 1.82) is 0 Å². The molecule has 0 radical (unpaired) electrons. The van der Waals surface area contributed by atoms with Crippen LogP contribution in [0.2, 0.25) is 0 Å². The molecule has 0 bridgehead atoms. The SMILES string of the molecule is Cc1cc(C)cc(C(=O)Nc2cc(CN(C)C)[nH]n2)c1. The number of nitrogens with one attached hydrogen (secondary N) is 2. The van der Waals surface area contributed by atoms with Gasteiger partial charge >= 0.3 is 0 Å². The van der Waals surface area contributed by atoms with Crippen molar-refractivity contribution in [2.45, 2.75) is 20.4 Å². The van der Waals surface area contributed by atoms with Gasteiger partial charge in [0.15, 0.2) is 5.82 Å². The van der Waals surface area contributed by atoms with E-state index in [9.17, 15) is 4.79 Å². The van der Waals surface area contributed by atoms with Crippen molar-refractivity contribution in [2.75, 3.05) is 19.4 Å². The smallest absolute Gasteiger partial charge is 0.256 e. The van der Waals surface area contributed by atoms with E-state index in [2.05, 4.69) is 15.5 Å². The summed E-state index contributed by atoms with van der Waals surface area (Å²) < 4.78 is 0. The van der Waals surface area contributed by atoms with E-state index < -0.39 is 0 Å². The first kappa shape index (κ1) is 14.3. The topological polar surface area (TPSA) is 61.0 Å². The molecule has 2 aromatic rings. The highest BCUT2D eigenvalue weighted by Crippen LogP contribution is 2.12. The molecule has 0 spiro atoms. The van der Waals surface area contributed by atoms with Crippen molar-refractivity contribution in [2.24, 2.45) is 0 Å². The lowest BCUT2D eigenvalue weighted by Crippen LogP contribution is -2.12. The minimum Gasteiger partial charge on any atom is -0.305 e. The summed E-state index contributed by atoms with van der Waals surface area (Å²) >= 11 is 0. The lowest BCUT2D eigenvalue weighted by atomic mass is 10.1. The van der Waals surface area contributed by atoms with E-state index >= 15 is 0 Å². The van der Waals surface area contributed by atoms with Gasteiger partial charge in [-0.3, -0.25) is 9.89 Å². The quantitative estimate of drug-likeness (QED) is 0.898. The molecule has 0 aliphatic heterocycles. The monoisotopic (exact) mass is 272 g/mol. The van der Waals surface area contributed by atoms with Gasteiger partial charge in [-0.2, -0.15) is 5.10 Å². The predicted octanol–water partition coefficient (Wildman–Crippen LogP) is 2.34. The zero-order valence-electron chi connectivity index (χ0n) is 12.3. The number of H-pyrrole nitrogens is 1. The first-order valence-electron chi connectivity index (χ1n) is 6.52. The Labute approximate surface area is 119 Å². The molecule has 1 aromatic heterocycles. The Morgan fingerprint density at radius 2 is 1.85 bits per heavy atom. The highest BCUT2D eigenvalue weighted by molar-refractivity contribution is 6.04. The molecule has 5 heteroatoms. The summed E-state index contributed by atoms with van der Waals surface area (Å²) in [6.45, 7) is 4.72. The molecule has 0 aliphatic carbocycles. The molecular weight excluding hydrogens is 252 g/mol. The van der Waals surface area contributed by atoms with Gasteiger partial charge in [0.1, 0.15) is 0 Å². The summed E-state index contributed by atoms with van der Waals surface area (Å²) in [7, 11) is 3.96. The van der Waals surface area contributed by atoms with E-state index in [-0.39, 0.29) is 5.91 Å². The summed E-state index contributed by atoms with van der Waals surface area (Å²) in [5.74, 6) is 0.408. The van der Waals surface area contributed by atoms with Crippen LogP contribution < -0.4 is 5.32 Å². The molecule has 2 N–H and O–H groups in total. The zero-order valence-corrected chi connectivity index (χ0v) is 12.3. The van der Waals surface area contributed by atoms with Gasteiger partial charge in [0, 0.05) is 18.2 Å². The molecule has 0 aliphatic rings. The number of carbonyl (C=O) groups excluding carboxylic acids is 1. The van der Waals surface area contributed by atoms with Gasteiger partial charge in [-0.05, 0) is 40.1 Å². The summed E-state index contributed by atoms with van der Waals surface area (Å²) in [6.07, 6.45) is 0. The van der Waals surface area contributed by atoms with Crippen molar-refractivity contribution in [1.82, 2.24) is 15.1 Å². The number of amides is 1. The molecule has 1 heterocycles. The Bertz CT molecular complexity index is 596. The minimum absolute atomic E-state index is 0.139. The largest absolute Gasteiger partial charge is 0.305 e. The molecule has 106 valence electrons. The summed E-state index contributed by atoms with van der Waals surface area (Å²) in [4.78, 5) is 14.2. The second-order valence-corrected chi connectivity index (χ2v) is 5.35. The molecule has 20 heavy (non-hydrogen) atoms. The minimum atomic E-state index is -0.139. The van der Waals surface area contributed by atoms with E-state index in [1.54, 1.807) is 0 Å². The number of aryl methyl sites for hydroxylation is 2. The molecule has 0 saturated heterocycles. The van der Waals surface area contributed by atoms with Crippen LogP contribution >= 0.6 is 0 Å². The van der Waals surface area contributed by atoms with E-state index in [0.717, 1.165) is 23.4 Å². The van der Waals surface area contributed by atoms with E-state index in [0.29, 0.717) is 11.4 Å². The van der Waals surface area contributed by atoms with Gasteiger partial charge in [-0.15, -0.1) is 0 Å². The van der Waals surface area contributed by atoms with Gasteiger partial charge in [0.25, 0.3) is 5.91 Å². The Hall–Kier alpha value is -2.14. The fraction of sp³-hybridized carbons (Fsp3) is 0.333. The molecule has 2 rings (SSSR count). The third-order valence-corrected chi connectivity index (χ3v) is 2.84. The highest BCUT2D eigenvalue weighted by Gasteiger charge is 2.09. The molecule has 0 saturated carbocycles. The normalized spacial score (nSPS) is 10.8. The van der Waals surface area contributed by atoms with Gasteiger partial charge in [0.05, 0.1) is 5.69 Å². The number of aromatic nitrogens is 2. The predicted molar refractivity (Wildman–Crippen MR) is 79.8 cm³/mol. The van der Waals surface area contributed by atoms with E-state index in [1.165, 1.54) is 0 Å². The number of carbonyl (C=O) groups is 1. The van der Waals surface area contributed by atoms with Crippen LogP contribution in [0.4, 0.5) is 5.82 Å². The molecule has 5 nitrogen and oxygen atoms in total. The van der Waals surface area contributed by atoms with Crippen LogP contribution in [0.25, 0.3) is 0 Å². The van der Waals surface area contributed by atoms with Crippen LogP contribution in [-0.2, 0) is 6.54 Å². The molecule has 1 amide bonds. The number of aromatic amines is 1. The van der Waals surface area contributed by atoms with Crippen LogP contribution in [0, 0.1) is 13.8 Å². The fourth-order valence-electron chi connectivity index (χ4n) is 2.14. The maximum absolute atomic E-state index is 12.2. The first-order chi connectivity index (χ1) is 9.44. The average Bonchev–Trinajstić information content (AvgIpc) is 2.74. The summed E-state index contributed by atoms with van der Waals surface area (Å²) in [5, 5.41) is 9.81. The second kappa shape index (κ2) is 5.88. The molecule has 0 unspecified atom stereocenters. The van der Waals surface area contributed by atoms with Crippen molar-refractivity contribution in [3.05, 3.63) is 46.6 Å². The lowest BCUT2D eigenvalue weighted by Gasteiger charge is -2.06. The second-order valence-electron chi connectivity index (χ2n) is 5.35. The lowest BCUT2D eigenvalue weighted by molar-refractivity contribution is 0.102. The summed E-state index contributed by atoms with van der Waals surface area (Å²) in [5.41, 5.74) is 3.77. The summed E-state index contributed by atoms with van der Waals surface area (Å²) in [6, 6.07) is 7.63. The number of hydrogen-bond acceptors (Lipinski definition) is 3. The zero-order chi connectivity index (χ0) is 14.7. The Morgan fingerprint density at radius 3 is 2.45 bits per heavy atom. The van der Waals surface area contributed by atoms with Gasteiger partial charge in [-0.1, -0.05) is 17.2 Å². The number of anilines is 1. The van der Waals surface area contributed by atoms with Crippen LogP contribution in [0.1, 0.15) is 27.2 Å². The Kier molecular flexibility index (Phi) is 4.20. The third-order valence-electron chi connectivity index (χ3n) is 2.84. The third kappa shape index (κ3) is 3.68. The molecular formula is C15H20N4O. The average molecular weight is 272 g/mol. The van der Waals surface area contributed by atoms with Crippen molar-refractivity contribution < 1.29 is 4.79 Å². The van der Waals surface area contributed by atoms with E-state index in [1.807, 2.05) is 57.1 Å². The first-order valence-corrected chi connectivity index (χ1v) is 6.52. The van der Waals surface area contributed by atoms with Crippen molar-refractivity contribution in [3.8, 4) is 0 Å². The maximum Gasteiger partial charge on any atom is 0.256 e. The Balaban J connectivity index is 2.09. The van der Waals surface area contributed by atoms with Crippen LogP contribution in [-0.4, -0.2) is 35.1 Å². The molecule has 0 fully saturated rings. The van der Waals surface area contributed by atoms with Crippen LogP contribution in [0.5, 0.6) is 0 Å². The maximum atomic E-state index is 12.2. The fourth-order valence-corrected chi connectivity index (χ4v) is 2.14. The highest BCUT2D eigenvalue weighted by atomic mass is 16.1. The number of hydrogen-bond donors (Lipinski definition) is 2. The van der Waals surface area contributed by atoms with Gasteiger partial charge < -0.3 is 10.2 Å². The van der Waals surface area contributed by atoms with Gasteiger partial charge in [0.2, 0.25) is 0 Å². The van der Waals surface area contributed by atoms with E-state index in [4.69, 9.17) is 0 Å². The standard InChI is InChI=1S/C15H20N4O/c1-10-5-11(2)7-12(6-10)15(20)16-14-8-13(17-18-14)9-19(3)4/h5-8H,9H2,1-4H3,(H2,16,17,18,20). The van der Waals surface area contributed by atoms with Gasteiger partial charge in [-0.25, -0.2) is 0 Å². The van der Waals surface area contributed by atoms with Crippen LogP contribution in [0.15, 0.2) is 24.3 Å². The molecule has 0 atom stereocenters. The molecule has 1 aromatic carbocycles.